The molecule has 0 N–H and O–H groups in total. The number of nitrogens with zero attached hydrogens (tertiary/aromatic N) is 6. The number of halogens is 6. The molecule has 3 aliphatic rings. The first-order valence-corrected chi connectivity index (χ1v) is 12.7. The molecule has 2 saturated heterocycles. The summed E-state index contributed by atoms with van der Waals surface area (Å²) in [4.78, 5) is 18.7. The molecule has 13 heteroatoms. The smallest absolute Gasteiger partial charge is 0.366 e. The van der Waals surface area contributed by atoms with E-state index in [0.29, 0.717) is 19.2 Å². The number of rotatable bonds is 5. The summed E-state index contributed by atoms with van der Waals surface area (Å²) in [5.74, 6) is -5.70. The van der Waals surface area contributed by atoms with E-state index >= 15 is 13.2 Å². The summed E-state index contributed by atoms with van der Waals surface area (Å²) in [5, 5.41) is 6.76. The van der Waals surface area contributed by atoms with Gasteiger partial charge in [0.25, 0.3) is 5.91 Å². The number of likely N-dealkylation sites (N-methyl/N-ethyl adjacent to an activating group) is 1. The third kappa shape index (κ3) is 3.88. The molecule has 6 rings (SSSR count). The summed E-state index contributed by atoms with van der Waals surface area (Å²) in [5.41, 5.74) is -4.60. The van der Waals surface area contributed by atoms with Gasteiger partial charge in [-0.05, 0) is 55.8 Å². The standard InChI is InChI=1S/C27H26F6N6O/c1-25(28,26(29,30)24-35-34-14-37(24)3)15-5-4-6-16(7-15)39-13-21-20(23(39)40)9-17(10-22(21)27(31,32)33)38-12-18-8-19(38)11-36(18)2/h4-7,9-10,14,18-19H,8,11-13H2,1-3H3/t18-,19-,25+/m0/s1. The number of benzene rings is 2. The molecule has 4 heterocycles. The van der Waals surface area contributed by atoms with Gasteiger partial charge in [0.2, 0.25) is 11.5 Å². The molecule has 2 fully saturated rings. The van der Waals surface area contributed by atoms with E-state index in [9.17, 15) is 18.0 Å². The number of hydrogen-bond acceptors (Lipinski definition) is 5. The second kappa shape index (κ2) is 8.69. The number of fused-ring (bicyclic) bond motifs is 3. The van der Waals surface area contributed by atoms with Crippen LogP contribution in [0.5, 0.6) is 0 Å². The Bertz CT molecular complexity index is 1500. The van der Waals surface area contributed by atoms with E-state index in [1.807, 2.05) is 11.9 Å². The van der Waals surface area contributed by atoms with E-state index < -0.39 is 47.2 Å². The van der Waals surface area contributed by atoms with Crippen LogP contribution in [0.1, 0.15) is 46.2 Å². The molecule has 0 spiro atoms. The number of piperazine rings is 1. The van der Waals surface area contributed by atoms with Crippen LogP contribution in [-0.4, -0.2) is 57.8 Å². The Morgan fingerprint density at radius 3 is 2.30 bits per heavy atom. The van der Waals surface area contributed by atoms with Crippen molar-refractivity contribution in [2.45, 2.75) is 49.7 Å². The van der Waals surface area contributed by atoms with E-state index in [1.54, 1.807) is 0 Å². The highest BCUT2D eigenvalue weighted by Gasteiger charge is 2.57. The van der Waals surface area contributed by atoms with Gasteiger partial charge < -0.3 is 14.4 Å². The van der Waals surface area contributed by atoms with Crippen molar-refractivity contribution in [3.8, 4) is 0 Å². The fraction of sp³-hybridized carbons (Fsp3) is 0.444. The van der Waals surface area contributed by atoms with Crippen LogP contribution in [0.25, 0.3) is 0 Å². The van der Waals surface area contributed by atoms with Crippen molar-refractivity contribution < 1.29 is 31.1 Å². The average Bonchev–Trinajstić information content (AvgIpc) is 3.66. The van der Waals surface area contributed by atoms with Gasteiger partial charge in [-0.3, -0.25) is 9.69 Å². The Kier molecular flexibility index (Phi) is 5.78. The number of hydrogen-bond donors (Lipinski definition) is 0. The highest BCUT2D eigenvalue weighted by atomic mass is 19.4. The van der Waals surface area contributed by atoms with Gasteiger partial charge in [0.05, 0.1) is 12.1 Å². The fourth-order valence-corrected chi connectivity index (χ4v) is 6.13. The second-order valence-electron chi connectivity index (χ2n) is 10.9. The van der Waals surface area contributed by atoms with Gasteiger partial charge >= 0.3 is 12.1 Å². The van der Waals surface area contributed by atoms with Crippen LogP contribution >= 0.6 is 0 Å². The maximum absolute atomic E-state index is 15.8. The second-order valence-corrected chi connectivity index (χ2v) is 10.9. The Labute approximate surface area is 226 Å². The van der Waals surface area contributed by atoms with Gasteiger partial charge in [0.1, 0.15) is 6.33 Å². The SMILES string of the molecule is CN1C[C@@H]2C[C@H]1CN2c1cc2c(c(C(F)(F)F)c1)CN(c1cccc([C@@](C)(F)C(F)(F)c3nncn3C)c1)C2=O. The molecule has 40 heavy (non-hydrogen) atoms. The monoisotopic (exact) mass is 564 g/mol. The van der Waals surface area contributed by atoms with Crippen LogP contribution in [0.2, 0.25) is 0 Å². The summed E-state index contributed by atoms with van der Waals surface area (Å²) in [6.45, 7) is 1.55. The molecule has 3 aliphatic heterocycles. The number of amides is 1. The number of aromatic nitrogens is 3. The van der Waals surface area contributed by atoms with Gasteiger partial charge in [-0.15, -0.1) is 10.2 Å². The summed E-state index contributed by atoms with van der Waals surface area (Å²) in [6.07, 6.45) is -2.86. The third-order valence-electron chi connectivity index (χ3n) is 8.46. The average molecular weight is 565 g/mol. The number of carbonyl (C=O) groups excluding carboxylic acids is 1. The summed E-state index contributed by atoms with van der Waals surface area (Å²) >= 11 is 0. The molecule has 2 bridgehead atoms. The molecule has 212 valence electrons. The third-order valence-corrected chi connectivity index (χ3v) is 8.46. The molecule has 0 aliphatic carbocycles. The molecule has 3 atom stereocenters. The zero-order valence-electron chi connectivity index (χ0n) is 21.9. The Morgan fingerprint density at radius 2 is 1.70 bits per heavy atom. The quantitative estimate of drug-likeness (QED) is 0.415. The van der Waals surface area contributed by atoms with Gasteiger partial charge in [-0.25, -0.2) is 4.39 Å². The Hall–Kier alpha value is -3.61. The van der Waals surface area contributed by atoms with E-state index in [1.165, 1.54) is 25.2 Å². The predicted octanol–water partition coefficient (Wildman–Crippen LogP) is 4.86. The van der Waals surface area contributed by atoms with Gasteiger partial charge in [0, 0.05) is 49.2 Å². The first-order valence-electron chi connectivity index (χ1n) is 12.7. The molecule has 1 amide bonds. The van der Waals surface area contributed by atoms with E-state index in [0.717, 1.165) is 47.0 Å². The zero-order chi connectivity index (χ0) is 28.8. The van der Waals surface area contributed by atoms with E-state index in [-0.39, 0.29) is 28.9 Å². The normalized spacial score (nSPS) is 22.8. The minimum atomic E-state index is -4.72. The lowest BCUT2D eigenvalue weighted by Crippen LogP contribution is -2.44. The van der Waals surface area contributed by atoms with Crippen LogP contribution in [-0.2, 0) is 31.4 Å². The molecule has 3 aromatic rings. The minimum absolute atomic E-state index is 0.00729. The summed E-state index contributed by atoms with van der Waals surface area (Å²) in [6, 6.07) is 7.74. The highest BCUT2D eigenvalue weighted by Crippen LogP contribution is 2.49. The number of anilines is 2. The Balaban J connectivity index is 1.36. The summed E-state index contributed by atoms with van der Waals surface area (Å²) < 4.78 is 90.0. The molecular weight excluding hydrogens is 538 g/mol. The van der Waals surface area contributed by atoms with Crippen LogP contribution < -0.4 is 9.80 Å². The minimum Gasteiger partial charge on any atom is -0.366 e. The lowest BCUT2D eigenvalue weighted by molar-refractivity contribution is -0.149. The predicted molar refractivity (Wildman–Crippen MR) is 134 cm³/mol. The number of carbonyl (C=O) groups is 1. The zero-order valence-corrected chi connectivity index (χ0v) is 21.9. The van der Waals surface area contributed by atoms with E-state index in [2.05, 4.69) is 15.1 Å². The number of aryl methyl sites for hydroxylation is 1. The van der Waals surface area contributed by atoms with Gasteiger partial charge in [-0.1, -0.05) is 12.1 Å². The van der Waals surface area contributed by atoms with Crippen molar-refractivity contribution >= 4 is 17.3 Å². The van der Waals surface area contributed by atoms with E-state index in [4.69, 9.17) is 0 Å². The largest absolute Gasteiger partial charge is 0.416 e. The van der Waals surface area contributed by atoms with Crippen LogP contribution in [0, 0.1) is 0 Å². The van der Waals surface area contributed by atoms with Crippen LogP contribution in [0.4, 0.5) is 37.7 Å². The number of likely N-dealkylation sites (tertiary alicyclic amines) is 1. The molecule has 0 radical (unpaired) electrons. The highest BCUT2D eigenvalue weighted by molar-refractivity contribution is 6.11. The first kappa shape index (κ1) is 26.6. The first-order chi connectivity index (χ1) is 18.7. The summed E-state index contributed by atoms with van der Waals surface area (Å²) in [7, 11) is 3.24. The van der Waals surface area contributed by atoms with Crippen molar-refractivity contribution in [2.75, 3.05) is 29.9 Å². The lowest BCUT2D eigenvalue weighted by Gasteiger charge is -2.34. The lowest BCUT2D eigenvalue weighted by atomic mass is 9.90. The molecule has 1 aromatic heterocycles. The molecule has 0 unspecified atom stereocenters. The van der Waals surface area contributed by atoms with Crippen molar-refractivity contribution in [2.24, 2.45) is 7.05 Å². The van der Waals surface area contributed by atoms with Crippen LogP contribution in [0.3, 0.4) is 0 Å². The topological polar surface area (TPSA) is 57.5 Å². The van der Waals surface area contributed by atoms with Crippen LogP contribution in [0.15, 0.2) is 42.7 Å². The van der Waals surface area contributed by atoms with Crippen molar-refractivity contribution in [3.05, 3.63) is 70.8 Å². The molecular formula is C27H26F6N6O. The van der Waals surface area contributed by atoms with Crippen molar-refractivity contribution in [1.82, 2.24) is 19.7 Å². The van der Waals surface area contributed by atoms with Crippen molar-refractivity contribution in [1.29, 1.82) is 0 Å². The molecule has 0 saturated carbocycles. The number of alkyl halides is 6. The maximum atomic E-state index is 15.8. The molecule has 7 nitrogen and oxygen atoms in total. The molecule has 2 aromatic carbocycles. The Morgan fingerprint density at radius 1 is 0.950 bits per heavy atom. The maximum Gasteiger partial charge on any atom is 0.416 e. The van der Waals surface area contributed by atoms with Crippen molar-refractivity contribution in [3.63, 3.8) is 0 Å². The fourth-order valence-electron chi connectivity index (χ4n) is 6.13. The van der Waals surface area contributed by atoms with Gasteiger partial charge in [-0.2, -0.15) is 22.0 Å². The van der Waals surface area contributed by atoms with Gasteiger partial charge in [0.15, 0.2) is 0 Å².